The standard InChI is InChI=1S/C20H22ClN5O/c21-16-4-6-17-14(12-16)3-5-18(24-17)20-23-7-9-26(20)11-10-25-8-1-2-15(13-25)19(22)27/h3-7,9,12,15H,1-2,8,10-11,13H2,(H2,22,27). The minimum absolute atomic E-state index is 0.0324. The molecule has 27 heavy (non-hydrogen) atoms. The highest BCUT2D eigenvalue weighted by Gasteiger charge is 2.23. The predicted octanol–water partition coefficient (Wildman–Crippen LogP) is 2.95. The van der Waals surface area contributed by atoms with Gasteiger partial charge in [0, 0.05) is 42.4 Å². The van der Waals surface area contributed by atoms with Crippen molar-refractivity contribution in [2.24, 2.45) is 11.7 Å². The zero-order valence-corrected chi connectivity index (χ0v) is 15.8. The Labute approximate surface area is 163 Å². The molecule has 0 spiro atoms. The summed E-state index contributed by atoms with van der Waals surface area (Å²) >= 11 is 6.05. The number of halogens is 1. The number of nitrogens with zero attached hydrogens (tertiary/aromatic N) is 4. The van der Waals surface area contributed by atoms with Crippen LogP contribution in [0.2, 0.25) is 5.02 Å². The second-order valence-corrected chi connectivity index (χ2v) is 7.46. The SMILES string of the molecule is NC(=O)C1CCCN(CCn2ccnc2-c2ccc3cc(Cl)ccc3n2)C1. The molecule has 1 saturated heterocycles. The first kappa shape index (κ1) is 17.9. The minimum Gasteiger partial charge on any atom is -0.369 e. The molecule has 1 aliphatic rings. The van der Waals surface area contributed by atoms with Crippen LogP contribution in [0, 0.1) is 5.92 Å². The Balaban J connectivity index is 1.50. The zero-order valence-electron chi connectivity index (χ0n) is 15.0. The van der Waals surface area contributed by atoms with Gasteiger partial charge in [0.15, 0.2) is 5.82 Å². The fraction of sp³-hybridized carbons (Fsp3) is 0.350. The third-order valence-electron chi connectivity index (χ3n) is 5.16. The average molecular weight is 384 g/mol. The molecule has 0 radical (unpaired) electrons. The van der Waals surface area contributed by atoms with Gasteiger partial charge in [-0.1, -0.05) is 17.7 Å². The second-order valence-electron chi connectivity index (χ2n) is 7.02. The summed E-state index contributed by atoms with van der Waals surface area (Å²) in [5, 5.41) is 1.71. The van der Waals surface area contributed by atoms with Crippen molar-refractivity contribution in [2.45, 2.75) is 19.4 Å². The smallest absolute Gasteiger partial charge is 0.221 e. The number of fused-ring (bicyclic) bond motifs is 1. The summed E-state index contributed by atoms with van der Waals surface area (Å²) in [6, 6.07) is 9.67. The lowest BCUT2D eigenvalue weighted by Gasteiger charge is -2.31. The maximum atomic E-state index is 11.5. The number of piperidine rings is 1. The van der Waals surface area contributed by atoms with E-state index in [1.807, 2.05) is 36.5 Å². The van der Waals surface area contributed by atoms with E-state index in [0.717, 1.165) is 61.4 Å². The quantitative estimate of drug-likeness (QED) is 0.734. The fourth-order valence-corrected chi connectivity index (χ4v) is 3.86. The number of hydrogen-bond donors (Lipinski definition) is 1. The van der Waals surface area contributed by atoms with E-state index < -0.39 is 0 Å². The topological polar surface area (TPSA) is 77.0 Å². The molecule has 0 bridgehead atoms. The number of rotatable bonds is 5. The van der Waals surface area contributed by atoms with Crippen LogP contribution in [0.1, 0.15) is 12.8 Å². The summed E-state index contributed by atoms with van der Waals surface area (Å²) in [5.74, 6) is 0.619. The van der Waals surface area contributed by atoms with Gasteiger partial charge in [-0.05, 0) is 43.7 Å². The van der Waals surface area contributed by atoms with Gasteiger partial charge < -0.3 is 15.2 Å². The molecule has 7 heteroatoms. The van der Waals surface area contributed by atoms with Gasteiger partial charge in [-0.15, -0.1) is 0 Å². The molecule has 1 unspecified atom stereocenters. The Morgan fingerprint density at radius 1 is 1.26 bits per heavy atom. The number of aromatic nitrogens is 3. The van der Waals surface area contributed by atoms with Crippen LogP contribution in [0.25, 0.3) is 22.4 Å². The Hall–Kier alpha value is -2.44. The van der Waals surface area contributed by atoms with Crippen molar-refractivity contribution in [3.05, 3.63) is 47.7 Å². The van der Waals surface area contributed by atoms with Crippen LogP contribution < -0.4 is 5.73 Å². The number of benzene rings is 1. The molecule has 140 valence electrons. The highest BCUT2D eigenvalue weighted by atomic mass is 35.5. The first-order valence-corrected chi connectivity index (χ1v) is 9.57. The number of carbonyl (C=O) groups excluding carboxylic acids is 1. The average Bonchev–Trinajstić information content (AvgIpc) is 3.15. The zero-order chi connectivity index (χ0) is 18.8. The molecule has 4 rings (SSSR count). The fourth-order valence-electron chi connectivity index (χ4n) is 3.68. The number of hydrogen-bond acceptors (Lipinski definition) is 4. The molecule has 3 heterocycles. The number of carbonyl (C=O) groups is 1. The van der Waals surface area contributed by atoms with Crippen LogP contribution in [0.4, 0.5) is 0 Å². The highest BCUT2D eigenvalue weighted by Crippen LogP contribution is 2.23. The Kier molecular flexibility index (Phi) is 5.09. The summed E-state index contributed by atoms with van der Waals surface area (Å²) in [6.07, 6.45) is 5.68. The number of imidazole rings is 1. The predicted molar refractivity (Wildman–Crippen MR) is 106 cm³/mol. The van der Waals surface area contributed by atoms with Gasteiger partial charge in [0.1, 0.15) is 5.69 Å². The summed E-state index contributed by atoms with van der Waals surface area (Å²) in [4.78, 5) is 23.0. The van der Waals surface area contributed by atoms with E-state index >= 15 is 0 Å². The molecule has 0 saturated carbocycles. The van der Waals surface area contributed by atoms with Crippen LogP contribution in [0.15, 0.2) is 42.7 Å². The normalized spacial score (nSPS) is 18.0. The summed E-state index contributed by atoms with van der Waals surface area (Å²) in [7, 11) is 0. The number of amides is 1. The molecule has 6 nitrogen and oxygen atoms in total. The lowest BCUT2D eigenvalue weighted by molar-refractivity contribution is -0.123. The van der Waals surface area contributed by atoms with Crippen LogP contribution >= 0.6 is 11.6 Å². The lowest BCUT2D eigenvalue weighted by Crippen LogP contribution is -2.42. The molecule has 3 aromatic rings. The molecule has 2 N–H and O–H groups in total. The van der Waals surface area contributed by atoms with E-state index in [1.165, 1.54) is 0 Å². The third kappa shape index (κ3) is 3.96. The van der Waals surface area contributed by atoms with Crippen molar-refractivity contribution in [1.29, 1.82) is 0 Å². The van der Waals surface area contributed by atoms with E-state index in [-0.39, 0.29) is 11.8 Å². The number of nitrogens with two attached hydrogens (primary N) is 1. The van der Waals surface area contributed by atoms with Crippen LogP contribution in [-0.2, 0) is 11.3 Å². The Morgan fingerprint density at radius 2 is 2.15 bits per heavy atom. The van der Waals surface area contributed by atoms with Gasteiger partial charge in [0.05, 0.1) is 11.4 Å². The monoisotopic (exact) mass is 383 g/mol. The molecule has 2 aromatic heterocycles. The van der Waals surface area contributed by atoms with Gasteiger partial charge in [0.25, 0.3) is 0 Å². The highest BCUT2D eigenvalue weighted by molar-refractivity contribution is 6.31. The Morgan fingerprint density at radius 3 is 3.00 bits per heavy atom. The van der Waals surface area contributed by atoms with Crippen molar-refractivity contribution in [3.8, 4) is 11.5 Å². The van der Waals surface area contributed by atoms with E-state index in [1.54, 1.807) is 6.20 Å². The van der Waals surface area contributed by atoms with Crippen molar-refractivity contribution in [2.75, 3.05) is 19.6 Å². The third-order valence-corrected chi connectivity index (χ3v) is 5.40. The number of likely N-dealkylation sites (tertiary alicyclic amines) is 1. The largest absolute Gasteiger partial charge is 0.369 e. The molecular weight excluding hydrogens is 362 g/mol. The number of pyridine rings is 1. The van der Waals surface area contributed by atoms with Gasteiger partial charge in [-0.3, -0.25) is 4.79 Å². The molecule has 1 aliphatic heterocycles. The van der Waals surface area contributed by atoms with Crippen molar-refractivity contribution < 1.29 is 4.79 Å². The van der Waals surface area contributed by atoms with Crippen molar-refractivity contribution in [1.82, 2.24) is 19.4 Å². The van der Waals surface area contributed by atoms with Crippen molar-refractivity contribution >= 4 is 28.4 Å². The molecular formula is C20H22ClN5O. The molecule has 1 atom stereocenters. The first-order valence-electron chi connectivity index (χ1n) is 9.19. The molecule has 1 fully saturated rings. The molecule has 0 aliphatic carbocycles. The van der Waals surface area contributed by atoms with Gasteiger partial charge in [-0.2, -0.15) is 0 Å². The molecule has 1 amide bonds. The van der Waals surface area contributed by atoms with Crippen LogP contribution in [-0.4, -0.2) is 45.0 Å². The van der Waals surface area contributed by atoms with E-state index in [2.05, 4.69) is 14.5 Å². The van der Waals surface area contributed by atoms with Crippen LogP contribution in [0.5, 0.6) is 0 Å². The van der Waals surface area contributed by atoms with Gasteiger partial charge in [-0.25, -0.2) is 9.97 Å². The summed E-state index contributed by atoms with van der Waals surface area (Å²) in [6.45, 7) is 3.40. The maximum Gasteiger partial charge on any atom is 0.221 e. The van der Waals surface area contributed by atoms with Crippen LogP contribution in [0.3, 0.4) is 0 Å². The summed E-state index contributed by atoms with van der Waals surface area (Å²) < 4.78 is 2.11. The maximum absolute atomic E-state index is 11.5. The Bertz CT molecular complexity index is 970. The first-order chi connectivity index (χ1) is 13.1. The second kappa shape index (κ2) is 7.66. The summed E-state index contributed by atoms with van der Waals surface area (Å²) in [5.41, 5.74) is 7.21. The minimum atomic E-state index is -0.191. The van der Waals surface area contributed by atoms with E-state index in [4.69, 9.17) is 22.3 Å². The van der Waals surface area contributed by atoms with E-state index in [0.29, 0.717) is 5.02 Å². The van der Waals surface area contributed by atoms with Crippen molar-refractivity contribution in [3.63, 3.8) is 0 Å². The van der Waals surface area contributed by atoms with Gasteiger partial charge >= 0.3 is 0 Å². The van der Waals surface area contributed by atoms with Gasteiger partial charge in [0.2, 0.25) is 5.91 Å². The lowest BCUT2D eigenvalue weighted by atomic mass is 9.97. The van der Waals surface area contributed by atoms with E-state index in [9.17, 15) is 4.79 Å². The molecule has 1 aromatic carbocycles. The number of primary amides is 1.